The van der Waals surface area contributed by atoms with E-state index in [9.17, 15) is 9.90 Å². The largest absolute Gasteiger partial charge is 0.397 e. The van der Waals surface area contributed by atoms with Crippen LogP contribution in [0.1, 0.15) is 26.7 Å². The van der Waals surface area contributed by atoms with E-state index in [1.54, 1.807) is 12.1 Å². The highest BCUT2D eigenvalue weighted by molar-refractivity contribution is 5.88. The summed E-state index contributed by atoms with van der Waals surface area (Å²) in [5, 5.41) is 13.4. The maximum Gasteiger partial charge on any atom is 0.258 e. The van der Waals surface area contributed by atoms with E-state index < -0.39 is 0 Å². The first kappa shape index (κ1) is 15.3. The molecule has 114 valence electrons. The van der Waals surface area contributed by atoms with E-state index in [2.05, 4.69) is 29.1 Å². The predicted octanol–water partition coefficient (Wildman–Crippen LogP) is 1.72. The van der Waals surface area contributed by atoms with Gasteiger partial charge < -0.3 is 21.1 Å². The van der Waals surface area contributed by atoms with Crippen LogP contribution < -0.4 is 16.6 Å². The molecule has 0 bridgehead atoms. The number of aliphatic hydroxyl groups excluding tert-OH is 1. The number of nitrogens with two attached hydrogens (primary N) is 1. The van der Waals surface area contributed by atoms with Crippen LogP contribution in [0.15, 0.2) is 23.3 Å². The Morgan fingerprint density at radius 1 is 1.38 bits per heavy atom. The number of fused-ring (bicyclic) bond motifs is 1. The Kier molecular flexibility index (Phi) is 4.47. The van der Waals surface area contributed by atoms with Gasteiger partial charge in [0.05, 0.1) is 35.2 Å². The third-order valence-corrected chi connectivity index (χ3v) is 4.30. The van der Waals surface area contributed by atoms with E-state index >= 15 is 0 Å². The number of H-pyrrole nitrogens is 1. The van der Waals surface area contributed by atoms with Crippen LogP contribution in [0.2, 0.25) is 0 Å². The molecular formula is C15H22N4O2. The topological polar surface area (TPSA) is 104 Å². The summed E-state index contributed by atoms with van der Waals surface area (Å²) >= 11 is 0. The molecule has 6 heteroatoms. The molecule has 1 aromatic carbocycles. The number of nitrogens with zero attached hydrogens (tertiary/aromatic N) is 1. The molecule has 0 aliphatic carbocycles. The number of nitrogen functional groups attached to an aromatic ring is 1. The van der Waals surface area contributed by atoms with Crippen molar-refractivity contribution in [2.75, 3.05) is 24.2 Å². The molecule has 0 aliphatic heterocycles. The lowest BCUT2D eigenvalue weighted by Gasteiger charge is -2.30. The Balaban J connectivity index is 2.31. The van der Waals surface area contributed by atoms with Gasteiger partial charge in [0.1, 0.15) is 0 Å². The number of aromatic nitrogens is 2. The summed E-state index contributed by atoms with van der Waals surface area (Å²) in [7, 11) is 0. The molecule has 0 fully saturated rings. The minimum atomic E-state index is -0.204. The highest BCUT2D eigenvalue weighted by Crippen LogP contribution is 2.29. The monoisotopic (exact) mass is 290 g/mol. The van der Waals surface area contributed by atoms with Gasteiger partial charge in [0.2, 0.25) is 0 Å². The van der Waals surface area contributed by atoms with Crippen LogP contribution in [0.25, 0.3) is 10.9 Å². The van der Waals surface area contributed by atoms with Crippen molar-refractivity contribution >= 4 is 22.3 Å². The quantitative estimate of drug-likeness (QED) is 0.606. The molecule has 1 aromatic heterocycles. The summed E-state index contributed by atoms with van der Waals surface area (Å²) in [5.74, 6) is 0. The highest BCUT2D eigenvalue weighted by Gasteiger charge is 2.25. The first-order valence-electron chi connectivity index (χ1n) is 7.17. The number of hydrogen-bond donors (Lipinski definition) is 4. The SMILES string of the molecule is CCC(CC)(CO)CNc1cc2nc[nH]c(=O)c2cc1N. The smallest absolute Gasteiger partial charge is 0.258 e. The van der Waals surface area contributed by atoms with Crippen molar-refractivity contribution in [3.05, 3.63) is 28.8 Å². The van der Waals surface area contributed by atoms with E-state index in [1.807, 2.05) is 0 Å². The van der Waals surface area contributed by atoms with Gasteiger partial charge in [0, 0.05) is 12.0 Å². The van der Waals surface area contributed by atoms with E-state index in [1.165, 1.54) is 6.33 Å². The zero-order chi connectivity index (χ0) is 15.5. The number of benzene rings is 1. The van der Waals surface area contributed by atoms with Crippen molar-refractivity contribution in [2.24, 2.45) is 5.41 Å². The molecule has 0 saturated carbocycles. The molecule has 2 aromatic rings. The van der Waals surface area contributed by atoms with Crippen LogP contribution in [0.3, 0.4) is 0 Å². The molecule has 0 amide bonds. The van der Waals surface area contributed by atoms with E-state index in [4.69, 9.17) is 5.73 Å². The number of nitrogens with one attached hydrogen (secondary N) is 2. The number of aliphatic hydroxyl groups is 1. The first-order valence-corrected chi connectivity index (χ1v) is 7.17. The minimum Gasteiger partial charge on any atom is -0.397 e. The first-order chi connectivity index (χ1) is 10.0. The number of rotatable bonds is 6. The molecule has 5 N–H and O–H groups in total. The minimum absolute atomic E-state index is 0.123. The maximum atomic E-state index is 11.7. The fourth-order valence-corrected chi connectivity index (χ4v) is 2.35. The number of anilines is 2. The summed E-state index contributed by atoms with van der Waals surface area (Å²) in [6, 6.07) is 3.40. The molecule has 2 rings (SSSR count). The lowest BCUT2D eigenvalue weighted by Crippen LogP contribution is -2.32. The van der Waals surface area contributed by atoms with Crippen LogP contribution in [0, 0.1) is 5.41 Å². The number of aromatic amines is 1. The third-order valence-electron chi connectivity index (χ3n) is 4.30. The van der Waals surface area contributed by atoms with Gasteiger partial charge in [0.15, 0.2) is 0 Å². The van der Waals surface area contributed by atoms with Crippen molar-refractivity contribution < 1.29 is 5.11 Å². The van der Waals surface area contributed by atoms with Crippen molar-refractivity contribution in [1.29, 1.82) is 0 Å². The second-order valence-electron chi connectivity index (χ2n) is 5.41. The zero-order valence-electron chi connectivity index (χ0n) is 12.4. The summed E-state index contributed by atoms with van der Waals surface area (Å²) in [6.45, 7) is 4.87. The lowest BCUT2D eigenvalue weighted by atomic mass is 9.83. The fourth-order valence-electron chi connectivity index (χ4n) is 2.35. The zero-order valence-corrected chi connectivity index (χ0v) is 12.4. The van der Waals surface area contributed by atoms with Gasteiger partial charge in [-0.3, -0.25) is 4.79 Å². The summed E-state index contributed by atoms with van der Waals surface area (Å²) in [5.41, 5.74) is 7.47. The molecule has 6 nitrogen and oxygen atoms in total. The van der Waals surface area contributed by atoms with Gasteiger partial charge in [-0.2, -0.15) is 0 Å². The Morgan fingerprint density at radius 3 is 2.71 bits per heavy atom. The predicted molar refractivity (Wildman–Crippen MR) is 85.4 cm³/mol. The molecule has 0 saturated heterocycles. The van der Waals surface area contributed by atoms with Crippen LogP contribution >= 0.6 is 0 Å². The van der Waals surface area contributed by atoms with E-state index in [-0.39, 0.29) is 17.6 Å². The van der Waals surface area contributed by atoms with Crippen molar-refractivity contribution in [2.45, 2.75) is 26.7 Å². The second-order valence-corrected chi connectivity index (χ2v) is 5.41. The molecule has 21 heavy (non-hydrogen) atoms. The molecular weight excluding hydrogens is 268 g/mol. The molecule has 0 spiro atoms. The summed E-state index contributed by atoms with van der Waals surface area (Å²) in [4.78, 5) is 18.4. The molecule has 0 atom stereocenters. The average molecular weight is 290 g/mol. The van der Waals surface area contributed by atoms with Gasteiger partial charge in [-0.05, 0) is 25.0 Å². The second kappa shape index (κ2) is 6.13. The van der Waals surface area contributed by atoms with Crippen LogP contribution in [-0.4, -0.2) is 28.2 Å². The van der Waals surface area contributed by atoms with Crippen LogP contribution in [0.5, 0.6) is 0 Å². The van der Waals surface area contributed by atoms with E-state index in [0.29, 0.717) is 23.1 Å². The maximum absolute atomic E-state index is 11.7. The molecule has 1 heterocycles. The molecule has 0 radical (unpaired) electrons. The lowest BCUT2D eigenvalue weighted by molar-refractivity contribution is 0.127. The van der Waals surface area contributed by atoms with Crippen LogP contribution in [-0.2, 0) is 0 Å². The van der Waals surface area contributed by atoms with Gasteiger partial charge in [0.25, 0.3) is 5.56 Å². The Labute approximate surface area is 123 Å². The summed E-state index contributed by atoms with van der Waals surface area (Å²) in [6.07, 6.45) is 3.12. The average Bonchev–Trinajstić information content (AvgIpc) is 2.50. The Hall–Kier alpha value is -2.08. The van der Waals surface area contributed by atoms with Gasteiger partial charge >= 0.3 is 0 Å². The van der Waals surface area contributed by atoms with Crippen molar-refractivity contribution in [3.63, 3.8) is 0 Å². The standard InChI is InChI=1S/C15H22N4O2/c1-3-15(4-2,8-20)7-17-13-6-12-10(5-11(13)16)14(21)19-9-18-12/h5-6,9,17,20H,3-4,7-8,16H2,1-2H3,(H,18,19,21). The fraction of sp³-hybridized carbons (Fsp3) is 0.467. The van der Waals surface area contributed by atoms with Gasteiger partial charge in [-0.15, -0.1) is 0 Å². The highest BCUT2D eigenvalue weighted by atomic mass is 16.3. The van der Waals surface area contributed by atoms with Crippen LogP contribution in [0.4, 0.5) is 11.4 Å². The van der Waals surface area contributed by atoms with E-state index in [0.717, 1.165) is 18.5 Å². The number of hydrogen-bond acceptors (Lipinski definition) is 5. The molecule has 0 aliphatic rings. The van der Waals surface area contributed by atoms with Gasteiger partial charge in [-0.25, -0.2) is 4.98 Å². The normalized spacial score (nSPS) is 11.8. The van der Waals surface area contributed by atoms with Crippen molar-refractivity contribution in [3.8, 4) is 0 Å². The third kappa shape index (κ3) is 3.00. The Bertz CT molecular complexity index is 669. The molecule has 0 unspecified atom stereocenters. The van der Waals surface area contributed by atoms with Crippen molar-refractivity contribution in [1.82, 2.24) is 9.97 Å². The summed E-state index contributed by atoms with van der Waals surface area (Å²) < 4.78 is 0. The Morgan fingerprint density at radius 2 is 2.10 bits per heavy atom. The van der Waals surface area contributed by atoms with Gasteiger partial charge in [-0.1, -0.05) is 13.8 Å².